The number of nitrogens with zero attached hydrogens (tertiary/aromatic N) is 5. The number of pyridine rings is 2. The van der Waals surface area contributed by atoms with Crippen LogP contribution in [0.15, 0.2) is 85.5 Å². The molecule has 12 nitrogen and oxygen atoms in total. The zero-order chi connectivity index (χ0) is 29.6. The van der Waals surface area contributed by atoms with Crippen LogP contribution in [0.3, 0.4) is 0 Å². The molecule has 0 fully saturated rings. The lowest BCUT2D eigenvalue weighted by Gasteiger charge is -2.08. The van der Waals surface area contributed by atoms with Crippen molar-refractivity contribution in [2.45, 2.75) is 0 Å². The van der Waals surface area contributed by atoms with Gasteiger partial charge in [-0.05, 0) is 48.5 Å². The third kappa shape index (κ3) is 5.73. The Bertz CT molecular complexity index is 2010. The fourth-order valence-corrected chi connectivity index (χ4v) is 4.07. The van der Waals surface area contributed by atoms with Crippen molar-refractivity contribution < 1.29 is 14.3 Å². The predicted molar refractivity (Wildman–Crippen MR) is 157 cm³/mol. The molecule has 0 radical (unpaired) electrons. The number of aromatic amines is 1. The van der Waals surface area contributed by atoms with E-state index in [4.69, 9.17) is 31.5 Å². The van der Waals surface area contributed by atoms with Crippen molar-refractivity contribution in [3.05, 3.63) is 96.6 Å². The number of benzene rings is 2. The predicted octanol–water partition coefficient (Wildman–Crippen LogP) is 5.28. The van der Waals surface area contributed by atoms with E-state index in [9.17, 15) is 4.79 Å². The number of ether oxygens (including phenoxy) is 2. The number of amides is 1. The van der Waals surface area contributed by atoms with E-state index in [2.05, 4.69) is 20.3 Å². The number of aromatic nitrogens is 4. The second kappa shape index (κ2) is 11.7. The number of hydrogen-bond donors (Lipinski definition) is 4. The van der Waals surface area contributed by atoms with Crippen molar-refractivity contribution in [3.63, 3.8) is 0 Å². The van der Waals surface area contributed by atoms with E-state index in [0.717, 1.165) is 21.8 Å². The molecular weight excluding hydrogens is 534 g/mol. The number of fused-ring (bicyclic) bond motifs is 2. The first kappa shape index (κ1) is 27.1. The first-order valence-corrected chi connectivity index (χ1v) is 12.5. The van der Waals surface area contributed by atoms with Crippen molar-refractivity contribution in [3.8, 4) is 35.1 Å². The van der Waals surface area contributed by atoms with Gasteiger partial charge in [-0.2, -0.15) is 10.5 Å². The summed E-state index contributed by atoms with van der Waals surface area (Å²) in [6.07, 6.45) is 6.31. The van der Waals surface area contributed by atoms with E-state index < -0.39 is 0 Å². The highest BCUT2D eigenvalue weighted by molar-refractivity contribution is 5.92. The maximum Gasteiger partial charge on any atom is 0.325 e. The monoisotopic (exact) mass is 557 g/mol. The summed E-state index contributed by atoms with van der Waals surface area (Å²) in [7, 11) is 1.57. The smallest absolute Gasteiger partial charge is 0.325 e. The highest BCUT2D eigenvalue weighted by atomic mass is 16.5. The molecule has 0 atom stereocenters. The normalized spacial score (nSPS) is 10.3. The maximum absolute atomic E-state index is 11.7. The summed E-state index contributed by atoms with van der Waals surface area (Å²) in [5, 5.41) is 22.6. The van der Waals surface area contributed by atoms with Crippen LogP contribution in [-0.2, 0) is 0 Å². The van der Waals surface area contributed by atoms with Gasteiger partial charge in [0.05, 0.1) is 17.9 Å². The van der Waals surface area contributed by atoms with E-state index in [1.54, 1.807) is 37.5 Å². The quantitative estimate of drug-likeness (QED) is 0.223. The zero-order valence-electron chi connectivity index (χ0n) is 22.2. The second-order valence-electron chi connectivity index (χ2n) is 8.83. The largest absolute Gasteiger partial charge is 0.456 e. The van der Waals surface area contributed by atoms with Crippen LogP contribution < -0.4 is 26.3 Å². The minimum Gasteiger partial charge on any atom is -0.456 e. The summed E-state index contributed by atoms with van der Waals surface area (Å²) in [6, 6.07) is 21.5. The number of hydrogen-bond acceptors (Lipinski definition) is 9. The summed E-state index contributed by atoms with van der Waals surface area (Å²) in [4.78, 5) is 22.6. The van der Waals surface area contributed by atoms with Gasteiger partial charge in [0.25, 0.3) is 0 Å². The Kier molecular flexibility index (Phi) is 7.53. The van der Waals surface area contributed by atoms with Crippen molar-refractivity contribution in [1.82, 2.24) is 24.8 Å². The van der Waals surface area contributed by atoms with Crippen molar-refractivity contribution in [2.75, 3.05) is 18.5 Å². The van der Waals surface area contributed by atoms with Gasteiger partial charge in [0.1, 0.15) is 57.9 Å². The standard InChI is InChI=1S/C16H13N5O2.C14H10N4O/c1-19-16(22)21-5-4-10-6-12(2-3-13(10)21)23-14-7-15(18)20-9-11(14)8-17;15-7-10-8-18-14(16)6-13(10)19-11-1-2-12-9(5-11)3-4-17-12/h2-7,9H,1H3,(H2,18,20)(H,19,22);1-6,8,17H,(H2,16,18). The molecule has 0 aliphatic heterocycles. The van der Waals surface area contributed by atoms with Crippen molar-refractivity contribution in [1.29, 1.82) is 10.5 Å². The Labute approximate surface area is 239 Å². The highest BCUT2D eigenvalue weighted by Crippen LogP contribution is 2.30. The fourth-order valence-electron chi connectivity index (χ4n) is 4.07. The van der Waals surface area contributed by atoms with E-state index >= 15 is 0 Å². The topological polar surface area (TPSA) is 194 Å². The molecule has 0 spiro atoms. The lowest BCUT2D eigenvalue weighted by atomic mass is 10.2. The van der Waals surface area contributed by atoms with Crippen LogP contribution in [-0.4, -0.2) is 32.6 Å². The lowest BCUT2D eigenvalue weighted by molar-refractivity contribution is 0.245. The molecule has 206 valence electrons. The van der Waals surface area contributed by atoms with Gasteiger partial charge in [-0.3, -0.25) is 4.57 Å². The van der Waals surface area contributed by atoms with Crippen LogP contribution in [0, 0.1) is 22.7 Å². The van der Waals surface area contributed by atoms with Crippen LogP contribution in [0.1, 0.15) is 11.1 Å². The molecule has 4 heterocycles. The summed E-state index contributed by atoms with van der Waals surface area (Å²) in [5.41, 5.74) is 13.7. The molecule has 4 aromatic heterocycles. The molecule has 6 rings (SSSR count). The minimum atomic E-state index is -0.220. The molecule has 0 aliphatic carbocycles. The van der Waals surface area contributed by atoms with Gasteiger partial charge in [-0.25, -0.2) is 14.8 Å². The molecule has 42 heavy (non-hydrogen) atoms. The van der Waals surface area contributed by atoms with Gasteiger partial charge < -0.3 is 31.2 Å². The lowest BCUT2D eigenvalue weighted by Crippen LogP contribution is -2.23. The average Bonchev–Trinajstić information content (AvgIpc) is 3.64. The number of nitrogen functional groups attached to an aromatic ring is 2. The molecule has 1 amide bonds. The van der Waals surface area contributed by atoms with Gasteiger partial charge in [0, 0.05) is 47.9 Å². The van der Waals surface area contributed by atoms with E-state index in [1.807, 2.05) is 48.7 Å². The third-order valence-corrected chi connectivity index (χ3v) is 6.09. The third-order valence-electron chi connectivity index (χ3n) is 6.09. The van der Waals surface area contributed by atoms with Crippen LogP contribution in [0.4, 0.5) is 16.4 Å². The molecule has 0 aliphatic rings. The molecule has 0 saturated carbocycles. The molecule has 12 heteroatoms. The molecule has 0 saturated heterocycles. The SMILES string of the molecule is CNC(=O)n1ccc2cc(Oc3cc(N)ncc3C#N)ccc21.N#Cc1cnc(N)cc1Oc1ccc2[nH]ccc2c1. The van der Waals surface area contributed by atoms with Gasteiger partial charge in [0.2, 0.25) is 0 Å². The zero-order valence-corrected chi connectivity index (χ0v) is 22.2. The molecule has 6 aromatic rings. The van der Waals surface area contributed by atoms with Gasteiger partial charge in [-0.15, -0.1) is 0 Å². The van der Waals surface area contributed by atoms with E-state index in [0.29, 0.717) is 39.9 Å². The molecule has 2 aromatic carbocycles. The van der Waals surface area contributed by atoms with Gasteiger partial charge in [-0.1, -0.05) is 0 Å². The number of carbonyl (C=O) groups excluding carboxylic acids is 1. The van der Waals surface area contributed by atoms with E-state index in [1.165, 1.54) is 23.0 Å². The van der Waals surface area contributed by atoms with Crippen LogP contribution in [0.25, 0.3) is 21.8 Å². The minimum absolute atomic E-state index is 0.220. The summed E-state index contributed by atoms with van der Waals surface area (Å²) in [5.74, 6) is 2.51. The van der Waals surface area contributed by atoms with Crippen LogP contribution in [0.5, 0.6) is 23.0 Å². The fraction of sp³-hybridized carbons (Fsp3) is 0.0333. The Hall–Kier alpha value is -6.53. The van der Waals surface area contributed by atoms with Crippen molar-refractivity contribution in [2.24, 2.45) is 0 Å². The average molecular weight is 558 g/mol. The Balaban J connectivity index is 0.000000171. The Morgan fingerprint density at radius 3 is 2.05 bits per heavy atom. The first-order chi connectivity index (χ1) is 20.4. The maximum atomic E-state index is 11.7. The Morgan fingerprint density at radius 1 is 0.857 bits per heavy atom. The molecule has 0 bridgehead atoms. The summed E-state index contributed by atoms with van der Waals surface area (Å²) in [6.45, 7) is 0. The van der Waals surface area contributed by atoms with E-state index in [-0.39, 0.29) is 11.8 Å². The molecular formula is C30H23N9O3. The van der Waals surface area contributed by atoms with Crippen LogP contribution >= 0.6 is 0 Å². The number of carbonyl (C=O) groups is 1. The number of rotatable bonds is 4. The molecule has 6 N–H and O–H groups in total. The number of nitriles is 2. The number of H-pyrrole nitrogens is 1. The highest BCUT2D eigenvalue weighted by Gasteiger charge is 2.11. The second-order valence-corrected chi connectivity index (χ2v) is 8.83. The summed E-state index contributed by atoms with van der Waals surface area (Å²) < 4.78 is 12.9. The summed E-state index contributed by atoms with van der Waals surface area (Å²) >= 11 is 0. The van der Waals surface area contributed by atoms with Crippen LogP contribution in [0.2, 0.25) is 0 Å². The number of anilines is 2. The number of nitrogens with one attached hydrogen (secondary N) is 2. The molecule has 0 unspecified atom stereocenters. The Morgan fingerprint density at radius 2 is 1.45 bits per heavy atom. The first-order valence-electron chi connectivity index (χ1n) is 12.5. The van der Waals surface area contributed by atoms with Gasteiger partial charge >= 0.3 is 6.03 Å². The number of nitrogens with two attached hydrogens (primary N) is 2. The van der Waals surface area contributed by atoms with Gasteiger partial charge in [0.15, 0.2) is 0 Å². The van der Waals surface area contributed by atoms with Crippen molar-refractivity contribution >= 4 is 39.5 Å².